The third-order valence-corrected chi connectivity index (χ3v) is 2.58. The predicted molar refractivity (Wildman–Crippen MR) is 57.0 cm³/mol. The minimum Gasteiger partial charge on any atom is -0.396 e. The normalized spacial score (nSPS) is 14.1. The molecule has 3 N–H and O–H groups in total. The van der Waals surface area contributed by atoms with Crippen molar-refractivity contribution in [1.82, 2.24) is 4.98 Å². The van der Waals surface area contributed by atoms with Crippen LogP contribution < -0.4 is 5.73 Å². The van der Waals surface area contributed by atoms with E-state index >= 15 is 0 Å². The molecule has 1 aromatic heterocycles. The fourth-order valence-corrected chi connectivity index (χ4v) is 1.23. The number of halogens is 1. The first-order valence-electron chi connectivity index (χ1n) is 4.45. The molecular formula is C10H15ClN2O. The fourth-order valence-electron chi connectivity index (χ4n) is 1.12. The molecule has 0 amide bonds. The molecule has 14 heavy (non-hydrogen) atoms. The second kappa shape index (κ2) is 4.26. The molecule has 0 aromatic carbocycles. The summed E-state index contributed by atoms with van der Waals surface area (Å²) in [6.07, 6.45) is 1.64. The summed E-state index contributed by atoms with van der Waals surface area (Å²) in [5, 5.41) is 9.60. The number of hydrogen-bond donors (Lipinski definition) is 2. The van der Waals surface area contributed by atoms with E-state index in [9.17, 15) is 0 Å². The van der Waals surface area contributed by atoms with Crippen molar-refractivity contribution in [3.8, 4) is 0 Å². The standard InChI is InChI=1S/C10H15ClN2O/c1-10(2,6-14)9(12)7-3-4-8(11)13-5-7/h3-5,9,14H,6,12H2,1-2H3/t9-/m1/s1. The van der Waals surface area contributed by atoms with Gasteiger partial charge in [0, 0.05) is 24.3 Å². The smallest absolute Gasteiger partial charge is 0.129 e. The second-order valence-electron chi connectivity index (χ2n) is 4.04. The summed E-state index contributed by atoms with van der Waals surface area (Å²) >= 11 is 5.66. The lowest BCUT2D eigenvalue weighted by Gasteiger charge is -2.29. The van der Waals surface area contributed by atoms with Gasteiger partial charge in [0.1, 0.15) is 5.15 Å². The minimum atomic E-state index is -0.352. The molecule has 0 radical (unpaired) electrons. The molecule has 0 fully saturated rings. The van der Waals surface area contributed by atoms with Crippen LogP contribution >= 0.6 is 11.6 Å². The van der Waals surface area contributed by atoms with Crippen LogP contribution in [-0.2, 0) is 0 Å². The number of nitrogens with zero attached hydrogens (tertiary/aromatic N) is 1. The van der Waals surface area contributed by atoms with Crippen molar-refractivity contribution in [3.05, 3.63) is 29.0 Å². The SMILES string of the molecule is CC(C)(CO)[C@H](N)c1ccc(Cl)nc1. The second-order valence-corrected chi connectivity index (χ2v) is 4.43. The van der Waals surface area contributed by atoms with E-state index in [0.717, 1.165) is 5.56 Å². The molecule has 0 saturated carbocycles. The first kappa shape index (κ1) is 11.4. The van der Waals surface area contributed by atoms with Crippen LogP contribution in [0.3, 0.4) is 0 Å². The molecule has 78 valence electrons. The van der Waals surface area contributed by atoms with Gasteiger partial charge in [0.15, 0.2) is 0 Å². The van der Waals surface area contributed by atoms with E-state index in [1.54, 1.807) is 12.3 Å². The van der Waals surface area contributed by atoms with Crippen molar-refractivity contribution in [2.24, 2.45) is 11.1 Å². The molecule has 0 aliphatic heterocycles. The molecule has 1 atom stereocenters. The largest absolute Gasteiger partial charge is 0.396 e. The number of aliphatic hydroxyl groups is 1. The molecule has 4 heteroatoms. The van der Waals surface area contributed by atoms with E-state index in [1.807, 2.05) is 19.9 Å². The number of pyridine rings is 1. The third-order valence-electron chi connectivity index (χ3n) is 2.36. The predicted octanol–water partition coefficient (Wildman–Crippen LogP) is 1.75. The zero-order valence-corrected chi connectivity index (χ0v) is 9.12. The molecule has 0 aliphatic carbocycles. The first-order chi connectivity index (χ1) is 6.47. The molecule has 1 rings (SSSR count). The maximum absolute atomic E-state index is 9.15. The quantitative estimate of drug-likeness (QED) is 0.754. The summed E-state index contributed by atoms with van der Waals surface area (Å²) in [6.45, 7) is 3.86. The fraction of sp³-hybridized carbons (Fsp3) is 0.500. The van der Waals surface area contributed by atoms with Gasteiger partial charge in [0.25, 0.3) is 0 Å². The van der Waals surface area contributed by atoms with Crippen LogP contribution in [0.5, 0.6) is 0 Å². The van der Waals surface area contributed by atoms with Crippen LogP contribution in [0, 0.1) is 5.41 Å². The van der Waals surface area contributed by atoms with E-state index in [1.165, 1.54) is 0 Å². The summed E-state index contributed by atoms with van der Waals surface area (Å²) in [4.78, 5) is 3.95. The average molecular weight is 215 g/mol. The van der Waals surface area contributed by atoms with Crippen molar-refractivity contribution < 1.29 is 5.11 Å². The zero-order valence-electron chi connectivity index (χ0n) is 8.37. The van der Waals surface area contributed by atoms with Gasteiger partial charge in [0.05, 0.1) is 0 Å². The highest BCUT2D eigenvalue weighted by Gasteiger charge is 2.26. The van der Waals surface area contributed by atoms with Gasteiger partial charge in [-0.05, 0) is 11.6 Å². The number of hydrogen-bond acceptors (Lipinski definition) is 3. The van der Waals surface area contributed by atoms with Gasteiger partial charge in [-0.1, -0.05) is 31.5 Å². The lowest BCUT2D eigenvalue weighted by molar-refractivity contribution is 0.132. The van der Waals surface area contributed by atoms with Gasteiger partial charge in [-0.15, -0.1) is 0 Å². The Hall–Kier alpha value is -0.640. The first-order valence-corrected chi connectivity index (χ1v) is 4.83. The van der Waals surface area contributed by atoms with Crippen molar-refractivity contribution in [2.45, 2.75) is 19.9 Å². The summed E-state index contributed by atoms with van der Waals surface area (Å²) in [6, 6.07) is 3.29. The summed E-state index contributed by atoms with van der Waals surface area (Å²) < 4.78 is 0. The van der Waals surface area contributed by atoms with E-state index < -0.39 is 0 Å². The number of nitrogens with two attached hydrogens (primary N) is 1. The Kier molecular flexibility index (Phi) is 3.48. The molecule has 1 heterocycles. The van der Waals surface area contributed by atoms with Crippen molar-refractivity contribution in [1.29, 1.82) is 0 Å². The Morgan fingerprint density at radius 1 is 1.57 bits per heavy atom. The summed E-state index contributed by atoms with van der Waals surface area (Å²) in [7, 11) is 0. The topological polar surface area (TPSA) is 59.1 Å². The van der Waals surface area contributed by atoms with Gasteiger partial charge in [-0.3, -0.25) is 0 Å². The maximum atomic E-state index is 9.15. The molecule has 0 unspecified atom stereocenters. The average Bonchev–Trinajstić information content (AvgIpc) is 2.18. The van der Waals surface area contributed by atoms with E-state index in [-0.39, 0.29) is 18.1 Å². The Bertz CT molecular complexity index is 297. The molecule has 1 aromatic rings. The van der Waals surface area contributed by atoms with Crippen LogP contribution in [0.25, 0.3) is 0 Å². The van der Waals surface area contributed by atoms with Gasteiger partial charge < -0.3 is 10.8 Å². The summed E-state index contributed by atoms with van der Waals surface area (Å²) in [5.74, 6) is 0. The van der Waals surface area contributed by atoms with Crippen LogP contribution in [-0.4, -0.2) is 16.7 Å². The van der Waals surface area contributed by atoms with Crippen molar-refractivity contribution >= 4 is 11.6 Å². The Morgan fingerprint density at radius 2 is 2.21 bits per heavy atom. The third kappa shape index (κ3) is 2.44. The Morgan fingerprint density at radius 3 is 2.64 bits per heavy atom. The van der Waals surface area contributed by atoms with Crippen LogP contribution in [0.1, 0.15) is 25.5 Å². The van der Waals surface area contributed by atoms with Gasteiger partial charge in [-0.2, -0.15) is 0 Å². The maximum Gasteiger partial charge on any atom is 0.129 e. The van der Waals surface area contributed by atoms with Crippen molar-refractivity contribution in [2.75, 3.05) is 6.61 Å². The number of aliphatic hydroxyl groups excluding tert-OH is 1. The highest BCUT2D eigenvalue weighted by atomic mass is 35.5. The number of rotatable bonds is 3. The number of aromatic nitrogens is 1. The van der Waals surface area contributed by atoms with E-state index in [4.69, 9.17) is 22.4 Å². The monoisotopic (exact) mass is 214 g/mol. The van der Waals surface area contributed by atoms with Crippen molar-refractivity contribution in [3.63, 3.8) is 0 Å². The minimum absolute atomic E-state index is 0.0385. The highest BCUT2D eigenvalue weighted by molar-refractivity contribution is 6.29. The Labute approximate surface area is 88.9 Å². The zero-order chi connectivity index (χ0) is 10.8. The van der Waals surface area contributed by atoms with Gasteiger partial charge in [0.2, 0.25) is 0 Å². The van der Waals surface area contributed by atoms with Gasteiger partial charge >= 0.3 is 0 Å². The molecule has 3 nitrogen and oxygen atoms in total. The van der Waals surface area contributed by atoms with Crippen LogP contribution in [0.2, 0.25) is 5.15 Å². The van der Waals surface area contributed by atoms with E-state index in [2.05, 4.69) is 4.98 Å². The lowest BCUT2D eigenvalue weighted by atomic mass is 9.82. The Balaban J connectivity index is 2.89. The molecule has 0 spiro atoms. The van der Waals surface area contributed by atoms with Crippen LogP contribution in [0.4, 0.5) is 0 Å². The lowest BCUT2D eigenvalue weighted by Crippen LogP contribution is -2.32. The highest BCUT2D eigenvalue weighted by Crippen LogP contribution is 2.30. The van der Waals surface area contributed by atoms with Gasteiger partial charge in [-0.25, -0.2) is 4.98 Å². The summed E-state index contributed by atoms with van der Waals surface area (Å²) in [5.41, 5.74) is 6.52. The molecular weight excluding hydrogens is 200 g/mol. The van der Waals surface area contributed by atoms with Crippen LogP contribution in [0.15, 0.2) is 18.3 Å². The molecule has 0 saturated heterocycles. The molecule has 0 aliphatic rings. The molecule has 0 bridgehead atoms. The van der Waals surface area contributed by atoms with E-state index in [0.29, 0.717) is 5.15 Å².